The van der Waals surface area contributed by atoms with Crippen molar-refractivity contribution in [2.75, 3.05) is 26.7 Å². The van der Waals surface area contributed by atoms with E-state index < -0.39 is 11.8 Å². The minimum absolute atomic E-state index is 0.0109. The average molecular weight is 535 g/mol. The van der Waals surface area contributed by atoms with Crippen LogP contribution in [0.5, 0.6) is 0 Å². The Kier molecular flexibility index (Phi) is 7.76. The first-order chi connectivity index (χ1) is 18.6. The van der Waals surface area contributed by atoms with E-state index in [1.165, 1.54) is 17.7 Å². The summed E-state index contributed by atoms with van der Waals surface area (Å²) in [6.45, 7) is 9.03. The first-order valence-electron chi connectivity index (χ1n) is 14.1. The summed E-state index contributed by atoms with van der Waals surface area (Å²) < 4.78 is 16.4. The highest BCUT2D eigenvalue weighted by Gasteiger charge is 2.36. The van der Waals surface area contributed by atoms with Gasteiger partial charge >= 0.3 is 5.97 Å². The topological polar surface area (TPSA) is 78.7 Å². The summed E-state index contributed by atoms with van der Waals surface area (Å²) in [7, 11) is 1.74. The highest BCUT2D eigenvalue weighted by molar-refractivity contribution is 5.99. The summed E-state index contributed by atoms with van der Waals surface area (Å²) in [4.78, 5) is 33.0. The molecule has 1 N–H and O–H groups in total. The molecule has 2 aromatic heterocycles. The van der Waals surface area contributed by atoms with Crippen LogP contribution >= 0.6 is 0 Å². The van der Waals surface area contributed by atoms with Crippen LogP contribution in [-0.2, 0) is 11.2 Å². The molecular weight excluding hydrogens is 495 g/mol. The van der Waals surface area contributed by atoms with E-state index in [0.29, 0.717) is 23.1 Å². The smallest absolute Gasteiger partial charge is 0.306 e. The lowest BCUT2D eigenvalue weighted by molar-refractivity contribution is -0.146. The number of pyridine rings is 1. The van der Waals surface area contributed by atoms with Crippen LogP contribution in [0.2, 0.25) is 0 Å². The van der Waals surface area contributed by atoms with Crippen molar-refractivity contribution in [2.24, 2.45) is 17.8 Å². The van der Waals surface area contributed by atoms with Crippen LogP contribution in [0.3, 0.4) is 0 Å². The van der Waals surface area contributed by atoms with Gasteiger partial charge in [0.1, 0.15) is 5.82 Å². The first-order valence-corrected chi connectivity index (χ1v) is 14.1. The van der Waals surface area contributed by atoms with E-state index in [1.54, 1.807) is 18.0 Å². The Labute approximate surface area is 229 Å². The van der Waals surface area contributed by atoms with E-state index in [-0.39, 0.29) is 17.9 Å². The molecule has 3 heterocycles. The number of rotatable bonds is 8. The number of aliphatic carboxylic acids is 1. The number of carboxylic acid groups (broad SMARTS) is 1. The van der Waals surface area contributed by atoms with E-state index in [2.05, 4.69) is 23.0 Å². The number of aryl methyl sites for hydroxylation is 1. The molecule has 2 aliphatic rings. The van der Waals surface area contributed by atoms with E-state index in [0.717, 1.165) is 68.2 Å². The second-order valence-corrected chi connectivity index (χ2v) is 11.9. The zero-order valence-electron chi connectivity index (χ0n) is 23.4. The Morgan fingerprint density at radius 1 is 1.15 bits per heavy atom. The summed E-state index contributed by atoms with van der Waals surface area (Å²) >= 11 is 0. The molecule has 208 valence electrons. The number of benzene rings is 1. The van der Waals surface area contributed by atoms with E-state index in [9.17, 15) is 14.0 Å². The van der Waals surface area contributed by atoms with Gasteiger partial charge in [-0.1, -0.05) is 0 Å². The van der Waals surface area contributed by atoms with Crippen molar-refractivity contribution in [3.05, 3.63) is 59.3 Å². The van der Waals surface area contributed by atoms with Crippen molar-refractivity contribution in [3.63, 3.8) is 0 Å². The van der Waals surface area contributed by atoms with Crippen LogP contribution in [0.4, 0.5) is 4.39 Å². The number of amides is 1. The number of halogens is 1. The molecule has 5 rings (SSSR count). The molecule has 1 aliphatic heterocycles. The second kappa shape index (κ2) is 11.1. The molecule has 0 spiro atoms. The van der Waals surface area contributed by atoms with Gasteiger partial charge in [0.05, 0.1) is 28.9 Å². The van der Waals surface area contributed by atoms with Gasteiger partial charge < -0.3 is 19.5 Å². The molecule has 39 heavy (non-hydrogen) atoms. The number of hydrogen-bond acceptors (Lipinski definition) is 4. The monoisotopic (exact) mass is 534 g/mol. The summed E-state index contributed by atoms with van der Waals surface area (Å²) in [5, 5.41) is 10.3. The molecule has 1 saturated heterocycles. The third kappa shape index (κ3) is 5.57. The lowest BCUT2D eigenvalue weighted by atomic mass is 9.74. The van der Waals surface area contributed by atoms with Gasteiger partial charge in [-0.05, 0) is 107 Å². The fourth-order valence-corrected chi connectivity index (χ4v) is 6.25. The Bertz CT molecular complexity index is 1370. The first kappa shape index (κ1) is 27.3. The molecule has 0 bridgehead atoms. The maximum absolute atomic E-state index is 14.3. The predicted molar refractivity (Wildman–Crippen MR) is 150 cm³/mol. The van der Waals surface area contributed by atoms with Gasteiger partial charge in [0.25, 0.3) is 5.91 Å². The van der Waals surface area contributed by atoms with Crippen LogP contribution in [0, 0.1) is 30.5 Å². The van der Waals surface area contributed by atoms with E-state index >= 15 is 0 Å². The van der Waals surface area contributed by atoms with Crippen LogP contribution in [-0.4, -0.2) is 69.1 Å². The molecule has 8 heteroatoms. The van der Waals surface area contributed by atoms with Gasteiger partial charge in [0.15, 0.2) is 0 Å². The SMILES string of the molecule is Cc1cncc2c1c(CC1CCN(CC3CC(C(=O)O)C3)CC1)cn2-c1ccc(F)cc1C(=O)N(C)C(C)C. The largest absolute Gasteiger partial charge is 0.481 e. The maximum atomic E-state index is 14.3. The second-order valence-electron chi connectivity index (χ2n) is 11.9. The van der Waals surface area contributed by atoms with Crippen molar-refractivity contribution in [1.82, 2.24) is 19.4 Å². The number of carbonyl (C=O) groups is 2. The van der Waals surface area contributed by atoms with Crippen LogP contribution < -0.4 is 0 Å². The number of nitrogens with zero attached hydrogens (tertiary/aromatic N) is 4. The number of carbonyl (C=O) groups excluding carboxylic acids is 1. The molecule has 0 unspecified atom stereocenters. The van der Waals surface area contributed by atoms with Gasteiger partial charge in [0.2, 0.25) is 0 Å². The van der Waals surface area contributed by atoms with E-state index in [4.69, 9.17) is 5.11 Å². The van der Waals surface area contributed by atoms with Crippen molar-refractivity contribution >= 4 is 22.8 Å². The van der Waals surface area contributed by atoms with Gasteiger partial charge in [-0.15, -0.1) is 0 Å². The third-order valence-corrected chi connectivity index (χ3v) is 8.84. The highest BCUT2D eigenvalue weighted by atomic mass is 19.1. The van der Waals surface area contributed by atoms with Crippen molar-refractivity contribution in [3.8, 4) is 5.69 Å². The van der Waals surface area contributed by atoms with Crippen molar-refractivity contribution in [1.29, 1.82) is 0 Å². The standard InChI is InChI=1S/C31H39FN4O3/c1-19(2)34(4)30(37)26-14-25(32)5-6-27(26)36-18-24(29-20(3)15-33-16-28(29)36)11-21-7-9-35(10-8-21)17-22-12-23(13-22)31(38)39/h5-6,14-16,18-19,21-23H,7-13,17H2,1-4H3,(H,38,39). The Morgan fingerprint density at radius 2 is 1.87 bits per heavy atom. The summed E-state index contributed by atoms with van der Waals surface area (Å²) in [6.07, 6.45) is 10.6. The summed E-state index contributed by atoms with van der Waals surface area (Å²) in [5.74, 6) is -0.390. The molecular formula is C31H39FN4O3. The fraction of sp³-hybridized carbons (Fsp3) is 0.516. The quantitative estimate of drug-likeness (QED) is 0.423. The van der Waals surface area contributed by atoms with E-state index in [1.807, 2.05) is 30.8 Å². The minimum Gasteiger partial charge on any atom is -0.481 e. The number of hydrogen-bond donors (Lipinski definition) is 1. The number of aromatic nitrogens is 2. The van der Waals surface area contributed by atoms with Crippen LogP contribution in [0.15, 0.2) is 36.8 Å². The third-order valence-electron chi connectivity index (χ3n) is 8.84. The Morgan fingerprint density at radius 3 is 2.54 bits per heavy atom. The molecule has 1 aromatic carbocycles. The minimum atomic E-state index is -0.654. The summed E-state index contributed by atoms with van der Waals surface area (Å²) in [6, 6.07) is 4.42. The van der Waals surface area contributed by atoms with Gasteiger partial charge in [-0.25, -0.2) is 4.39 Å². The lowest BCUT2D eigenvalue weighted by Crippen LogP contribution is -2.42. The molecule has 2 fully saturated rings. The van der Waals surface area contributed by atoms with Gasteiger partial charge in [0, 0.05) is 37.4 Å². The molecule has 7 nitrogen and oxygen atoms in total. The van der Waals surface area contributed by atoms with Crippen LogP contribution in [0.25, 0.3) is 16.6 Å². The molecule has 1 aliphatic carbocycles. The zero-order chi connectivity index (χ0) is 27.8. The normalized spacial score (nSPS) is 20.4. The Balaban J connectivity index is 1.37. The predicted octanol–water partition coefficient (Wildman–Crippen LogP) is 5.32. The molecule has 1 saturated carbocycles. The van der Waals surface area contributed by atoms with Gasteiger partial charge in [-0.2, -0.15) is 0 Å². The van der Waals surface area contributed by atoms with Crippen LogP contribution in [0.1, 0.15) is 61.0 Å². The molecule has 1 amide bonds. The lowest BCUT2D eigenvalue weighted by Gasteiger charge is -2.39. The summed E-state index contributed by atoms with van der Waals surface area (Å²) in [5.41, 5.74) is 4.24. The molecule has 0 radical (unpaired) electrons. The van der Waals surface area contributed by atoms with Gasteiger partial charge in [-0.3, -0.25) is 14.6 Å². The fourth-order valence-electron chi connectivity index (χ4n) is 6.25. The number of piperidine rings is 1. The highest BCUT2D eigenvalue weighted by Crippen LogP contribution is 2.36. The van der Waals surface area contributed by atoms with Crippen molar-refractivity contribution < 1.29 is 19.1 Å². The molecule has 3 aromatic rings. The average Bonchev–Trinajstić information content (AvgIpc) is 3.24. The maximum Gasteiger partial charge on any atom is 0.306 e. The van der Waals surface area contributed by atoms with Crippen molar-refractivity contribution in [2.45, 2.75) is 58.9 Å². The number of carboxylic acids is 1. The zero-order valence-corrected chi connectivity index (χ0v) is 23.4. The molecule has 0 atom stereocenters. The Hall–Kier alpha value is -3.26. The number of likely N-dealkylation sites (tertiary alicyclic amines) is 1. The number of fused-ring (bicyclic) bond motifs is 1.